The van der Waals surface area contributed by atoms with E-state index in [0.29, 0.717) is 20.6 Å². The first-order chi connectivity index (χ1) is 11.8. The zero-order chi connectivity index (χ0) is 17.9. The van der Waals surface area contributed by atoms with Crippen LogP contribution in [0.2, 0.25) is 0 Å². The highest BCUT2D eigenvalue weighted by Crippen LogP contribution is 2.30. The molecule has 0 atom stereocenters. The summed E-state index contributed by atoms with van der Waals surface area (Å²) >= 11 is 1.88. The highest BCUT2D eigenvalue weighted by Gasteiger charge is 2.31. The molecule has 0 aromatic carbocycles. The molecule has 0 spiro atoms. The van der Waals surface area contributed by atoms with E-state index in [0.717, 1.165) is 12.3 Å². The number of imidazole rings is 1. The van der Waals surface area contributed by atoms with Gasteiger partial charge in [0, 0.05) is 18.6 Å². The van der Waals surface area contributed by atoms with Crippen molar-refractivity contribution < 1.29 is 13.2 Å². The summed E-state index contributed by atoms with van der Waals surface area (Å²) < 4.78 is 43.2. The Morgan fingerprint density at radius 1 is 1.20 bits per heavy atom. The van der Waals surface area contributed by atoms with Crippen LogP contribution >= 0.6 is 22.6 Å². The number of hydrogen-bond donors (Lipinski definition) is 0. The molecule has 0 saturated carbocycles. The van der Waals surface area contributed by atoms with Crippen molar-refractivity contribution in [2.24, 2.45) is 0 Å². The van der Waals surface area contributed by atoms with Crippen LogP contribution in [-0.4, -0.2) is 23.6 Å². The fourth-order valence-electron chi connectivity index (χ4n) is 2.60. The van der Waals surface area contributed by atoms with E-state index in [-0.39, 0.29) is 11.4 Å². The molecule has 0 saturated heterocycles. The van der Waals surface area contributed by atoms with Crippen molar-refractivity contribution >= 4 is 33.8 Å². The van der Waals surface area contributed by atoms with Gasteiger partial charge in [-0.2, -0.15) is 18.3 Å². The minimum Gasteiger partial charge on any atom is -0.292 e. The molecule has 0 unspecified atom stereocenters. The van der Waals surface area contributed by atoms with Gasteiger partial charge in [-0.15, -0.1) is 0 Å². The average Bonchev–Trinajstić information content (AvgIpc) is 3.07. The number of nitrogens with zero attached hydrogens (tertiary/aromatic N) is 5. The lowest BCUT2D eigenvalue weighted by molar-refractivity contribution is -0.137. The van der Waals surface area contributed by atoms with Gasteiger partial charge >= 0.3 is 6.18 Å². The van der Waals surface area contributed by atoms with E-state index in [4.69, 9.17) is 0 Å². The minimum absolute atomic E-state index is 0.270. The van der Waals surface area contributed by atoms with Crippen molar-refractivity contribution in [3.63, 3.8) is 0 Å². The molecule has 0 bridgehead atoms. The second-order valence-corrected chi connectivity index (χ2v) is 6.48. The third-order valence-electron chi connectivity index (χ3n) is 3.75. The number of halogens is 4. The highest BCUT2D eigenvalue weighted by molar-refractivity contribution is 14.1. The van der Waals surface area contributed by atoms with E-state index in [1.54, 1.807) is 19.2 Å². The first kappa shape index (κ1) is 16.1. The van der Waals surface area contributed by atoms with E-state index >= 15 is 0 Å². The lowest BCUT2D eigenvalue weighted by atomic mass is 10.3. The maximum Gasteiger partial charge on any atom is 0.417 e. The van der Waals surface area contributed by atoms with Crippen molar-refractivity contribution in [1.82, 2.24) is 23.6 Å². The van der Waals surface area contributed by atoms with Gasteiger partial charge in [0.15, 0.2) is 5.82 Å². The van der Waals surface area contributed by atoms with E-state index in [2.05, 4.69) is 10.1 Å². The molecule has 0 aliphatic rings. The average molecular weight is 459 g/mol. The van der Waals surface area contributed by atoms with Crippen LogP contribution in [-0.2, 0) is 6.18 Å². The first-order valence-electron chi connectivity index (χ1n) is 7.08. The third kappa shape index (κ3) is 2.51. The van der Waals surface area contributed by atoms with Gasteiger partial charge in [-0.1, -0.05) is 0 Å². The second-order valence-electron chi connectivity index (χ2n) is 5.46. The maximum absolute atomic E-state index is 12.9. The van der Waals surface area contributed by atoms with Crippen LogP contribution in [0.5, 0.6) is 0 Å². The molecule has 4 rings (SSSR count). The van der Waals surface area contributed by atoms with E-state index in [1.165, 1.54) is 25.7 Å². The molecule has 4 aromatic rings. The van der Waals surface area contributed by atoms with Crippen molar-refractivity contribution in [2.75, 3.05) is 0 Å². The molecule has 128 valence electrons. The largest absolute Gasteiger partial charge is 0.417 e. The molecular weight excluding hydrogens is 450 g/mol. The third-order valence-corrected chi connectivity index (χ3v) is 4.75. The summed E-state index contributed by atoms with van der Waals surface area (Å²) in [6.45, 7) is 1.77. The van der Waals surface area contributed by atoms with Crippen LogP contribution in [0.4, 0.5) is 13.2 Å². The van der Waals surface area contributed by atoms with Crippen LogP contribution in [0, 0.1) is 10.6 Å². The van der Waals surface area contributed by atoms with Crippen molar-refractivity contribution in [2.45, 2.75) is 13.1 Å². The Morgan fingerprint density at radius 2 is 1.96 bits per heavy atom. The van der Waals surface area contributed by atoms with Gasteiger partial charge in [-0.25, -0.2) is 9.50 Å². The van der Waals surface area contributed by atoms with Crippen molar-refractivity contribution in [3.8, 4) is 5.82 Å². The Morgan fingerprint density at radius 3 is 2.68 bits per heavy atom. The second kappa shape index (κ2) is 5.31. The molecule has 0 aliphatic heterocycles. The Labute approximate surface area is 151 Å². The van der Waals surface area contributed by atoms with Crippen molar-refractivity contribution in [3.05, 3.63) is 62.1 Å². The number of alkyl halides is 3. The quantitative estimate of drug-likeness (QED) is 0.412. The molecule has 0 aliphatic carbocycles. The van der Waals surface area contributed by atoms with Crippen LogP contribution in [0.1, 0.15) is 11.3 Å². The van der Waals surface area contributed by atoms with Crippen molar-refractivity contribution in [1.29, 1.82) is 0 Å². The van der Waals surface area contributed by atoms with E-state index < -0.39 is 11.7 Å². The molecule has 10 heteroatoms. The van der Waals surface area contributed by atoms with E-state index in [1.807, 2.05) is 22.6 Å². The van der Waals surface area contributed by atoms with Crippen LogP contribution in [0.25, 0.3) is 17.0 Å². The van der Waals surface area contributed by atoms with Gasteiger partial charge in [0.1, 0.15) is 14.9 Å². The standard InChI is InChI=1S/C15H9F3IN5O/c1-8-6-10-14(25)22(4-5-24(10)21-8)13-12(19)23-7-9(15(16,17)18)2-3-11(23)20-13/h2-7H,1H3. The topological polar surface area (TPSA) is 56.6 Å². The summed E-state index contributed by atoms with van der Waals surface area (Å²) in [5, 5.41) is 4.16. The number of aryl methyl sites for hydroxylation is 1. The molecule has 0 N–H and O–H groups in total. The first-order valence-corrected chi connectivity index (χ1v) is 8.16. The van der Waals surface area contributed by atoms with Crippen LogP contribution < -0.4 is 5.56 Å². The number of aromatic nitrogens is 5. The maximum atomic E-state index is 12.9. The number of pyridine rings is 1. The SMILES string of the molecule is Cc1cc2c(=O)n(-c3nc4ccc(C(F)(F)F)cn4c3I)ccn2n1. The van der Waals surface area contributed by atoms with Gasteiger partial charge in [0.05, 0.1) is 11.3 Å². The monoisotopic (exact) mass is 459 g/mol. The summed E-state index contributed by atoms with van der Waals surface area (Å²) in [4.78, 5) is 17.0. The molecular formula is C15H9F3IN5O. The Hall–Kier alpha value is -2.37. The summed E-state index contributed by atoms with van der Waals surface area (Å²) in [5.41, 5.74) is 0.249. The fourth-order valence-corrected chi connectivity index (χ4v) is 3.37. The zero-order valence-corrected chi connectivity index (χ0v) is 14.8. The molecule has 0 fully saturated rings. The molecule has 0 amide bonds. The predicted molar refractivity (Wildman–Crippen MR) is 92.0 cm³/mol. The van der Waals surface area contributed by atoms with Gasteiger partial charge in [-0.3, -0.25) is 13.8 Å². The number of rotatable bonds is 1. The predicted octanol–water partition coefficient (Wildman–Crippen LogP) is 3.06. The molecule has 4 heterocycles. The van der Waals surface area contributed by atoms with Gasteiger partial charge in [-0.05, 0) is 47.7 Å². The normalized spacial score (nSPS) is 12.4. The minimum atomic E-state index is -4.45. The zero-order valence-electron chi connectivity index (χ0n) is 12.6. The summed E-state index contributed by atoms with van der Waals surface area (Å²) in [6, 6.07) is 3.89. The number of hydrogen-bond acceptors (Lipinski definition) is 3. The Bertz CT molecular complexity index is 1190. The smallest absolute Gasteiger partial charge is 0.292 e. The summed E-state index contributed by atoms with van der Waals surface area (Å²) in [7, 11) is 0. The molecule has 4 aromatic heterocycles. The molecule has 25 heavy (non-hydrogen) atoms. The fraction of sp³-hybridized carbons (Fsp3) is 0.133. The summed E-state index contributed by atoms with van der Waals surface area (Å²) in [6.07, 6.45) is -0.381. The van der Waals surface area contributed by atoms with Crippen LogP contribution in [0.3, 0.4) is 0 Å². The van der Waals surface area contributed by atoms with Crippen LogP contribution in [0.15, 0.2) is 41.6 Å². The molecule has 6 nitrogen and oxygen atoms in total. The van der Waals surface area contributed by atoms with Gasteiger partial charge in [0.2, 0.25) is 0 Å². The summed E-state index contributed by atoms with van der Waals surface area (Å²) in [5.74, 6) is 0.270. The Balaban J connectivity index is 1.97. The lowest BCUT2D eigenvalue weighted by Gasteiger charge is -2.07. The van der Waals surface area contributed by atoms with Gasteiger partial charge in [0.25, 0.3) is 5.56 Å². The van der Waals surface area contributed by atoms with E-state index in [9.17, 15) is 18.0 Å². The highest BCUT2D eigenvalue weighted by atomic mass is 127. The Kier molecular flexibility index (Phi) is 3.42. The molecule has 0 radical (unpaired) electrons. The number of fused-ring (bicyclic) bond motifs is 2. The lowest BCUT2D eigenvalue weighted by Crippen LogP contribution is -2.20. The van der Waals surface area contributed by atoms with Gasteiger partial charge < -0.3 is 0 Å².